The molecule has 0 saturated heterocycles. The molecular weight excluding hydrogens is 146 g/mol. The van der Waals surface area contributed by atoms with Crippen molar-refractivity contribution in [1.29, 1.82) is 0 Å². The smallest absolute Gasteiger partial charge is 0.00514 e. The maximum Gasteiger partial charge on any atom is 0.00514 e. The lowest BCUT2D eigenvalue weighted by molar-refractivity contribution is 1.28. The first kappa shape index (κ1) is 17.4. The first-order valence-electron chi connectivity index (χ1n) is 4.73. The molecule has 0 aliphatic carbocycles. The highest BCUT2D eigenvalue weighted by Crippen LogP contribution is 1.94. The Kier molecular flexibility index (Phi) is 24.2. The minimum absolute atomic E-state index is 0.862. The van der Waals surface area contributed by atoms with Crippen LogP contribution in [0.15, 0.2) is 23.4 Å². The molecule has 1 nitrogen and oxygen atoms in total. The molecule has 0 bridgehead atoms. The van der Waals surface area contributed by atoms with Crippen LogP contribution in [-0.4, -0.2) is 0 Å². The Hall–Kier alpha value is -0.720. The van der Waals surface area contributed by atoms with Crippen molar-refractivity contribution in [1.82, 2.24) is 0 Å². The van der Waals surface area contributed by atoms with E-state index in [1.54, 1.807) is 0 Å². The van der Waals surface area contributed by atoms with Crippen LogP contribution in [0.3, 0.4) is 0 Å². The van der Waals surface area contributed by atoms with Crippen LogP contribution >= 0.6 is 0 Å². The Balaban J connectivity index is -0.000000175. The zero-order chi connectivity index (χ0) is 10.6. The summed E-state index contributed by atoms with van der Waals surface area (Å²) >= 11 is 0. The average Bonchev–Trinajstić information content (AvgIpc) is 2.10. The van der Waals surface area contributed by atoms with Gasteiger partial charge in [0, 0.05) is 5.70 Å². The highest BCUT2D eigenvalue weighted by atomic mass is 14.5. The molecule has 0 saturated carbocycles. The molecule has 2 N–H and O–H groups in total. The van der Waals surface area contributed by atoms with Crippen LogP contribution in [0.25, 0.3) is 0 Å². The summed E-state index contributed by atoms with van der Waals surface area (Å²) in [7, 11) is 0. The van der Waals surface area contributed by atoms with E-state index < -0.39 is 0 Å². The predicted molar refractivity (Wildman–Crippen MR) is 60.1 cm³/mol. The van der Waals surface area contributed by atoms with Crippen molar-refractivity contribution in [3.8, 4) is 0 Å². The first-order valence-corrected chi connectivity index (χ1v) is 4.73. The van der Waals surface area contributed by atoms with Crippen molar-refractivity contribution in [2.24, 2.45) is 5.73 Å². The molecule has 0 fully saturated rings. The van der Waals surface area contributed by atoms with Crippen LogP contribution in [0, 0.1) is 0 Å². The van der Waals surface area contributed by atoms with Gasteiger partial charge in [0.25, 0.3) is 0 Å². The molecule has 0 radical (unpaired) electrons. The van der Waals surface area contributed by atoms with E-state index in [4.69, 9.17) is 5.73 Å². The van der Waals surface area contributed by atoms with Crippen LogP contribution < -0.4 is 5.73 Å². The minimum Gasteiger partial charge on any atom is -0.402 e. The molecule has 0 aliphatic heterocycles. The second kappa shape index (κ2) is 16.7. The molecule has 74 valence electrons. The Morgan fingerprint density at radius 2 is 1.33 bits per heavy atom. The standard InChI is InChI=1S/C7H13N.2C2H6/c1-4-6(2)5-7(3)8;2*1-2/h4-5H,8H2,1-3H3;2*1-2H3/b6-4-,7-5-;;. The van der Waals surface area contributed by atoms with Gasteiger partial charge in [0.2, 0.25) is 0 Å². The van der Waals surface area contributed by atoms with Gasteiger partial charge in [0.15, 0.2) is 0 Å². The van der Waals surface area contributed by atoms with Crippen LogP contribution in [0.1, 0.15) is 48.5 Å². The highest BCUT2D eigenvalue weighted by Gasteiger charge is 1.77. The molecule has 0 aromatic heterocycles. The van der Waals surface area contributed by atoms with Crippen molar-refractivity contribution in [2.45, 2.75) is 48.5 Å². The van der Waals surface area contributed by atoms with Gasteiger partial charge >= 0.3 is 0 Å². The van der Waals surface area contributed by atoms with Gasteiger partial charge in [-0.1, -0.05) is 39.3 Å². The third-order valence-electron chi connectivity index (χ3n) is 0.911. The molecule has 0 unspecified atom stereocenters. The largest absolute Gasteiger partial charge is 0.402 e. The van der Waals surface area contributed by atoms with E-state index in [2.05, 4.69) is 0 Å². The lowest BCUT2D eigenvalue weighted by Crippen LogP contribution is -1.89. The lowest BCUT2D eigenvalue weighted by atomic mass is 10.2. The van der Waals surface area contributed by atoms with Gasteiger partial charge in [0.05, 0.1) is 0 Å². The molecule has 0 aliphatic rings. The van der Waals surface area contributed by atoms with E-state index in [9.17, 15) is 0 Å². The van der Waals surface area contributed by atoms with E-state index in [0.29, 0.717) is 0 Å². The maximum absolute atomic E-state index is 5.39. The molecule has 0 rings (SSSR count). The fourth-order valence-corrected chi connectivity index (χ4v) is 0.442. The Labute approximate surface area is 78.4 Å². The fraction of sp³-hybridized carbons (Fsp3) is 0.636. The molecule has 0 aromatic carbocycles. The van der Waals surface area contributed by atoms with Crippen LogP contribution in [0.4, 0.5) is 0 Å². The third kappa shape index (κ3) is 22.8. The van der Waals surface area contributed by atoms with E-state index in [0.717, 1.165) is 5.70 Å². The summed E-state index contributed by atoms with van der Waals surface area (Å²) in [5, 5.41) is 0. The summed E-state index contributed by atoms with van der Waals surface area (Å²) in [6.07, 6.45) is 3.97. The molecule has 0 heterocycles. The van der Waals surface area contributed by atoms with Gasteiger partial charge in [0.1, 0.15) is 0 Å². The maximum atomic E-state index is 5.39. The summed E-state index contributed by atoms with van der Waals surface area (Å²) in [6.45, 7) is 13.9. The van der Waals surface area contributed by atoms with Gasteiger partial charge in [-0.05, 0) is 26.8 Å². The molecule has 0 atom stereocenters. The second-order valence-corrected chi connectivity index (χ2v) is 1.92. The average molecular weight is 171 g/mol. The van der Waals surface area contributed by atoms with E-state index in [-0.39, 0.29) is 0 Å². The summed E-state index contributed by atoms with van der Waals surface area (Å²) in [4.78, 5) is 0. The normalized spacial score (nSPS) is 10.6. The van der Waals surface area contributed by atoms with Crippen molar-refractivity contribution in [3.63, 3.8) is 0 Å². The topological polar surface area (TPSA) is 26.0 Å². The Morgan fingerprint density at radius 1 is 1.00 bits per heavy atom. The Morgan fingerprint density at radius 3 is 1.42 bits per heavy atom. The quantitative estimate of drug-likeness (QED) is 0.595. The van der Waals surface area contributed by atoms with E-state index >= 15 is 0 Å². The van der Waals surface area contributed by atoms with E-state index in [1.807, 2.05) is 60.6 Å². The summed E-state index contributed by atoms with van der Waals surface area (Å²) in [5.41, 5.74) is 7.46. The lowest BCUT2D eigenvalue weighted by Gasteiger charge is -1.89. The van der Waals surface area contributed by atoms with Crippen molar-refractivity contribution >= 4 is 0 Å². The van der Waals surface area contributed by atoms with Gasteiger partial charge in [-0.3, -0.25) is 0 Å². The number of rotatable bonds is 1. The zero-order valence-corrected chi connectivity index (χ0v) is 9.73. The minimum atomic E-state index is 0.862. The SMILES string of the molecule is C/C=C(C)\C=C(\C)N.CC.CC. The molecule has 12 heavy (non-hydrogen) atoms. The van der Waals surface area contributed by atoms with Gasteiger partial charge < -0.3 is 5.73 Å². The van der Waals surface area contributed by atoms with Crippen molar-refractivity contribution < 1.29 is 0 Å². The molecule has 1 heteroatoms. The molecular formula is C11H25N. The van der Waals surface area contributed by atoms with Crippen molar-refractivity contribution in [3.05, 3.63) is 23.4 Å². The fourth-order valence-electron chi connectivity index (χ4n) is 0.442. The summed E-state index contributed by atoms with van der Waals surface area (Å²) < 4.78 is 0. The number of nitrogens with two attached hydrogens (primary N) is 1. The van der Waals surface area contributed by atoms with Crippen LogP contribution in [0.2, 0.25) is 0 Å². The van der Waals surface area contributed by atoms with Gasteiger partial charge in [-0.25, -0.2) is 0 Å². The second-order valence-electron chi connectivity index (χ2n) is 1.92. The summed E-state index contributed by atoms with van der Waals surface area (Å²) in [5.74, 6) is 0. The van der Waals surface area contributed by atoms with Gasteiger partial charge in [-0.15, -0.1) is 0 Å². The van der Waals surface area contributed by atoms with Crippen LogP contribution in [-0.2, 0) is 0 Å². The molecule has 0 spiro atoms. The van der Waals surface area contributed by atoms with E-state index in [1.165, 1.54) is 5.57 Å². The highest BCUT2D eigenvalue weighted by molar-refractivity contribution is 5.17. The zero-order valence-electron chi connectivity index (χ0n) is 9.73. The number of allylic oxidation sites excluding steroid dienone is 4. The van der Waals surface area contributed by atoms with Crippen molar-refractivity contribution in [2.75, 3.05) is 0 Å². The molecule has 0 amide bonds. The Bertz CT molecular complexity index is 117. The monoisotopic (exact) mass is 171 g/mol. The summed E-state index contributed by atoms with van der Waals surface area (Å²) in [6, 6.07) is 0. The van der Waals surface area contributed by atoms with Crippen LogP contribution in [0.5, 0.6) is 0 Å². The molecule has 0 aromatic rings. The third-order valence-corrected chi connectivity index (χ3v) is 0.911. The first-order chi connectivity index (χ1) is 5.66. The predicted octanol–water partition coefficient (Wildman–Crippen LogP) is 3.87. The number of hydrogen-bond acceptors (Lipinski definition) is 1. The van der Waals surface area contributed by atoms with Gasteiger partial charge in [-0.2, -0.15) is 0 Å². The number of hydrogen-bond donors (Lipinski definition) is 1.